The molecule has 6 nitrogen and oxygen atoms in total. The lowest BCUT2D eigenvalue weighted by Gasteiger charge is -2.17. The van der Waals surface area contributed by atoms with Crippen LogP contribution in [-0.4, -0.2) is 37.6 Å². The van der Waals surface area contributed by atoms with Gasteiger partial charge in [-0.15, -0.1) is 0 Å². The Morgan fingerprint density at radius 1 is 1.11 bits per heavy atom. The molecule has 2 aromatic carbocycles. The van der Waals surface area contributed by atoms with Crippen LogP contribution in [0.3, 0.4) is 0 Å². The van der Waals surface area contributed by atoms with E-state index < -0.39 is 0 Å². The first-order valence-electron chi connectivity index (χ1n) is 9.28. The monoisotopic (exact) mass is 402 g/mol. The molecule has 1 saturated heterocycles. The van der Waals surface area contributed by atoms with E-state index in [0.29, 0.717) is 41.8 Å². The molecule has 0 radical (unpaired) electrons. The van der Waals surface area contributed by atoms with Gasteiger partial charge < -0.3 is 19.7 Å². The van der Waals surface area contributed by atoms with Gasteiger partial charge in [-0.1, -0.05) is 11.6 Å². The molecule has 0 saturated carbocycles. The molecule has 7 heteroatoms. The minimum absolute atomic E-state index is 0.0330. The van der Waals surface area contributed by atoms with E-state index in [9.17, 15) is 9.59 Å². The van der Waals surface area contributed by atoms with Crippen molar-refractivity contribution in [3.05, 3.63) is 53.1 Å². The van der Waals surface area contributed by atoms with Gasteiger partial charge >= 0.3 is 0 Å². The number of nitrogens with zero attached hydrogens (tertiary/aromatic N) is 1. The van der Waals surface area contributed by atoms with Crippen LogP contribution >= 0.6 is 11.6 Å². The number of nitrogens with one attached hydrogen (secondary N) is 1. The number of ether oxygens (including phenoxy) is 2. The lowest BCUT2D eigenvalue weighted by Crippen LogP contribution is -2.37. The summed E-state index contributed by atoms with van der Waals surface area (Å²) in [6.07, 6.45) is 0.254. The van der Waals surface area contributed by atoms with E-state index in [2.05, 4.69) is 5.32 Å². The molecule has 28 heavy (non-hydrogen) atoms. The number of halogens is 1. The van der Waals surface area contributed by atoms with Crippen LogP contribution in [-0.2, 0) is 4.79 Å². The molecule has 1 aliphatic heterocycles. The molecule has 2 amide bonds. The molecular formula is C21H23ClN2O4. The summed E-state index contributed by atoms with van der Waals surface area (Å²) >= 11 is 5.91. The van der Waals surface area contributed by atoms with Gasteiger partial charge in [-0.05, 0) is 56.3 Å². The fraction of sp³-hybridized carbons (Fsp3) is 0.333. The Morgan fingerprint density at radius 3 is 2.46 bits per heavy atom. The Hall–Kier alpha value is -2.73. The number of hydrogen-bond acceptors (Lipinski definition) is 4. The van der Waals surface area contributed by atoms with Crippen molar-refractivity contribution in [3.8, 4) is 11.5 Å². The number of carbonyl (C=O) groups excluding carboxylic acids is 2. The van der Waals surface area contributed by atoms with E-state index in [1.807, 2.05) is 13.8 Å². The number of amides is 2. The molecule has 1 aliphatic rings. The van der Waals surface area contributed by atoms with E-state index in [1.165, 1.54) is 0 Å². The summed E-state index contributed by atoms with van der Waals surface area (Å²) in [5.41, 5.74) is 1.23. The maximum absolute atomic E-state index is 12.7. The standard InChI is InChI=1S/C21H23ClN2O4/c1-3-27-18-10-5-14(11-19(18)28-4-2)21(26)23-16-12-20(25)24(13-16)17-8-6-15(22)7-9-17/h5-11,16H,3-4,12-13H2,1-2H3,(H,23,26)/t16-/m1/s1. The van der Waals surface area contributed by atoms with Crippen LogP contribution in [0.5, 0.6) is 11.5 Å². The Balaban J connectivity index is 1.68. The molecule has 1 fully saturated rings. The van der Waals surface area contributed by atoms with E-state index in [4.69, 9.17) is 21.1 Å². The third-order valence-electron chi connectivity index (χ3n) is 4.40. The molecule has 0 aromatic heterocycles. The predicted octanol–water partition coefficient (Wildman–Crippen LogP) is 3.67. The van der Waals surface area contributed by atoms with Crippen molar-refractivity contribution in [2.75, 3.05) is 24.7 Å². The van der Waals surface area contributed by atoms with Gasteiger partial charge in [0, 0.05) is 29.2 Å². The highest BCUT2D eigenvalue weighted by Gasteiger charge is 2.31. The zero-order valence-corrected chi connectivity index (χ0v) is 16.7. The van der Waals surface area contributed by atoms with Crippen LogP contribution in [0.1, 0.15) is 30.6 Å². The number of anilines is 1. The van der Waals surface area contributed by atoms with Crippen LogP contribution in [0, 0.1) is 0 Å². The summed E-state index contributed by atoms with van der Waals surface area (Å²) in [4.78, 5) is 26.7. The number of carbonyl (C=O) groups is 2. The lowest BCUT2D eigenvalue weighted by atomic mass is 10.1. The summed E-state index contributed by atoms with van der Waals surface area (Å²) in [5.74, 6) is 0.849. The molecule has 0 spiro atoms. The average molecular weight is 403 g/mol. The van der Waals surface area contributed by atoms with Crippen LogP contribution in [0.25, 0.3) is 0 Å². The third kappa shape index (κ3) is 4.57. The number of hydrogen-bond donors (Lipinski definition) is 1. The van der Waals surface area contributed by atoms with Gasteiger partial charge in [0.2, 0.25) is 5.91 Å². The van der Waals surface area contributed by atoms with Crippen molar-refractivity contribution in [3.63, 3.8) is 0 Å². The molecule has 1 N–H and O–H groups in total. The second-order valence-electron chi connectivity index (χ2n) is 6.38. The summed E-state index contributed by atoms with van der Waals surface area (Å²) in [7, 11) is 0. The minimum atomic E-state index is -0.266. The fourth-order valence-electron chi connectivity index (χ4n) is 3.14. The zero-order valence-electron chi connectivity index (χ0n) is 15.9. The van der Waals surface area contributed by atoms with E-state index in [-0.39, 0.29) is 24.3 Å². The predicted molar refractivity (Wildman–Crippen MR) is 108 cm³/mol. The average Bonchev–Trinajstić information content (AvgIpc) is 3.04. The smallest absolute Gasteiger partial charge is 0.251 e. The SMILES string of the molecule is CCOc1ccc(C(=O)N[C@@H]2CC(=O)N(c3ccc(Cl)cc3)C2)cc1OCC. The number of rotatable bonds is 7. The van der Waals surface area contributed by atoms with E-state index in [0.717, 1.165) is 5.69 Å². The third-order valence-corrected chi connectivity index (χ3v) is 4.66. The highest BCUT2D eigenvalue weighted by Crippen LogP contribution is 2.29. The van der Waals surface area contributed by atoms with Gasteiger partial charge in [0.25, 0.3) is 5.91 Å². The van der Waals surface area contributed by atoms with Crippen molar-refractivity contribution in [1.82, 2.24) is 5.32 Å². The van der Waals surface area contributed by atoms with Gasteiger partial charge in [-0.25, -0.2) is 0 Å². The van der Waals surface area contributed by atoms with Gasteiger partial charge in [0.05, 0.1) is 19.3 Å². The van der Waals surface area contributed by atoms with Crippen LogP contribution in [0.4, 0.5) is 5.69 Å². The topological polar surface area (TPSA) is 67.9 Å². The fourth-order valence-corrected chi connectivity index (χ4v) is 3.26. The van der Waals surface area contributed by atoms with Crippen LogP contribution < -0.4 is 19.7 Å². The van der Waals surface area contributed by atoms with Crippen molar-refractivity contribution in [1.29, 1.82) is 0 Å². The number of benzene rings is 2. The lowest BCUT2D eigenvalue weighted by molar-refractivity contribution is -0.117. The largest absolute Gasteiger partial charge is 0.490 e. The van der Waals surface area contributed by atoms with Gasteiger partial charge in [-0.2, -0.15) is 0 Å². The van der Waals surface area contributed by atoms with Crippen molar-refractivity contribution < 1.29 is 19.1 Å². The Labute approximate surface area is 169 Å². The first kappa shape index (κ1) is 20.0. The quantitative estimate of drug-likeness (QED) is 0.767. The normalized spacial score (nSPS) is 16.2. The Morgan fingerprint density at radius 2 is 1.79 bits per heavy atom. The Kier molecular flexibility index (Phi) is 6.41. The molecule has 0 unspecified atom stereocenters. The first-order valence-corrected chi connectivity index (χ1v) is 9.66. The highest BCUT2D eigenvalue weighted by molar-refractivity contribution is 6.30. The molecule has 2 aromatic rings. The summed E-state index contributed by atoms with van der Waals surface area (Å²) < 4.78 is 11.1. The van der Waals surface area contributed by atoms with Gasteiger partial charge in [0.15, 0.2) is 11.5 Å². The minimum Gasteiger partial charge on any atom is -0.490 e. The van der Waals surface area contributed by atoms with Crippen LogP contribution in [0.2, 0.25) is 5.02 Å². The van der Waals surface area contributed by atoms with Crippen molar-refractivity contribution in [2.24, 2.45) is 0 Å². The van der Waals surface area contributed by atoms with E-state index in [1.54, 1.807) is 47.4 Å². The molecular weight excluding hydrogens is 380 g/mol. The van der Waals surface area contributed by atoms with Gasteiger partial charge in [-0.3, -0.25) is 9.59 Å². The van der Waals surface area contributed by atoms with Gasteiger partial charge in [0.1, 0.15) is 0 Å². The van der Waals surface area contributed by atoms with Crippen LogP contribution in [0.15, 0.2) is 42.5 Å². The maximum Gasteiger partial charge on any atom is 0.251 e. The molecule has 0 aliphatic carbocycles. The molecule has 0 bridgehead atoms. The molecule has 1 atom stereocenters. The molecule has 3 rings (SSSR count). The zero-order chi connectivity index (χ0) is 20.1. The molecule has 148 valence electrons. The summed E-state index contributed by atoms with van der Waals surface area (Å²) in [5, 5.41) is 3.55. The highest BCUT2D eigenvalue weighted by atomic mass is 35.5. The van der Waals surface area contributed by atoms with E-state index >= 15 is 0 Å². The molecule has 1 heterocycles. The maximum atomic E-state index is 12.7. The first-order chi connectivity index (χ1) is 13.5. The Bertz CT molecular complexity index is 854. The second kappa shape index (κ2) is 8.97. The second-order valence-corrected chi connectivity index (χ2v) is 6.82. The summed E-state index contributed by atoms with van der Waals surface area (Å²) in [6.45, 7) is 5.16. The van der Waals surface area contributed by atoms with Crippen molar-refractivity contribution in [2.45, 2.75) is 26.3 Å². The van der Waals surface area contributed by atoms with Crippen molar-refractivity contribution >= 4 is 29.1 Å². The summed E-state index contributed by atoms with van der Waals surface area (Å²) in [6, 6.07) is 11.9.